The van der Waals surface area contributed by atoms with Crippen LogP contribution in [0.3, 0.4) is 0 Å². The minimum atomic E-state index is -0.264. The van der Waals surface area contributed by atoms with E-state index in [1.54, 1.807) is 18.3 Å². The van der Waals surface area contributed by atoms with E-state index in [1.165, 1.54) is 23.5 Å². The average Bonchev–Trinajstić information content (AvgIpc) is 3.19. The molecule has 0 atom stereocenters. The van der Waals surface area contributed by atoms with E-state index in [0.717, 1.165) is 28.3 Å². The number of hydrazone groups is 1. The van der Waals surface area contributed by atoms with Crippen molar-refractivity contribution in [2.45, 2.75) is 0 Å². The van der Waals surface area contributed by atoms with E-state index in [9.17, 15) is 4.39 Å². The lowest BCUT2D eigenvalue weighted by atomic mass is 10.2. The maximum atomic E-state index is 13.0. The zero-order valence-corrected chi connectivity index (χ0v) is 15.6. The van der Waals surface area contributed by atoms with E-state index in [2.05, 4.69) is 15.5 Å². The molecule has 0 aliphatic heterocycles. The Bertz CT molecular complexity index is 1080. The van der Waals surface area contributed by atoms with Crippen molar-refractivity contribution in [3.8, 4) is 22.8 Å². The second kappa shape index (κ2) is 8.45. The van der Waals surface area contributed by atoms with Crippen LogP contribution in [0.2, 0.25) is 0 Å². The van der Waals surface area contributed by atoms with Gasteiger partial charge in [0, 0.05) is 10.9 Å². The number of aromatic nitrogens is 1. The summed E-state index contributed by atoms with van der Waals surface area (Å²) >= 11 is 1.43. The fourth-order valence-electron chi connectivity index (χ4n) is 2.52. The predicted molar refractivity (Wildman–Crippen MR) is 112 cm³/mol. The van der Waals surface area contributed by atoms with Gasteiger partial charge < -0.3 is 4.74 Å². The Morgan fingerprint density at radius 3 is 2.54 bits per heavy atom. The number of nitrogens with zero attached hydrogens (tertiary/aromatic N) is 2. The van der Waals surface area contributed by atoms with Gasteiger partial charge in [-0.05, 0) is 54.1 Å². The number of nitrogens with one attached hydrogen (secondary N) is 1. The summed E-state index contributed by atoms with van der Waals surface area (Å²) in [5.74, 6) is 1.26. The number of rotatable bonds is 6. The third-order valence-corrected chi connectivity index (χ3v) is 4.60. The Morgan fingerprint density at radius 1 is 0.929 bits per heavy atom. The molecule has 0 aliphatic rings. The molecule has 0 spiro atoms. The Morgan fingerprint density at radius 2 is 1.71 bits per heavy atom. The van der Waals surface area contributed by atoms with E-state index >= 15 is 0 Å². The molecular formula is C22H16FN3OS. The van der Waals surface area contributed by atoms with Crippen LogP contribution in [0.5, 0.6) is 11.5 Å². The first kappa shape index (κ1) is 17.9. The summed E-state index contributed by atoms with van der Waals surface area (Å²) in [6.07, 6.45) is 1.71. The molecule has 1 N–H and O–H groups in total. The Hall–Kier alpha value is -3.51. The van der Waals surface area contributed by atoms with Crippen molar-refractivity contribution in [1.82, 2.24) is 4.98 Å². The minimum Gasteiger partial charge on any atom is -0.457 e. The van der Waals surface area contributed by atoms with E-state index in [1.807, 2.05) is 60.0 Å². The van der Waals surface area contributed by atoms with Gasteiger partial charge in [0.05, 0.1) is 11.9 Å². The molecule has 4 rings (SSSR count). The molecule has 4 aromatic rings. The monoisotopic (exact) mass is 389 g/mol. The molecule has 0 bridgehead atoms. The summed E-state index contributed by atoms with van der Waals surface area (Å²) in [6, 6.07) is 23.5. The molecule has 3 aromatic carbocycles. The second-order valence-electron chi connectivity index (χ2n) is 5.90. The number of thiazole rings is 1. The van der Waals surface area contributed by atoms with E-state index < -0.39 is 0 Å². The van der Waals surface area contributed by atoms with Crippen molar-refractivity contribution in [1.29, 1.82) is 0 Å². The maximum Gasteiger partial charge on any atom is 0.203 e. The van der Waals surface area contributed by atoms with E-state index in [0.29, 0.717) is 5.13 Å². The van der Waals surface area contributed by atoms with Crippen LogP contribution in [-0.4, -0.2) is 11.2 Å². The lowest BCUT2D eigenvalue weighted by Crippen LogP contribution is -1.91. The van der Waals surface area contributed by atoms with Crippen molar-refractivity contribution in [3.63, 3.8) is 0 Å². The summed E-state index contributed by atoms with van der Waals surface area (Å²) in [5.41, 5.74) is 5.47. The van der Waals surface area contributed by atoms with Gasteiger partial charge in [-0.3, -0.25) is 5.43 Å². The normalized spacial score (nSPS) is 10.9. The van der Waals surface area contributed by atoms with Crippen molar-refractivity contribution in [2.24, 2.45) is 5.10 Å². The zero-order chi connectivity index (χ0) is 19.2. The highest BCUT2D eigenvalue weighted by atomic mass is 32.1. The standard InChI is InChI=1S/C22H16FN3OS/c23-18-11-9-17(10-12-18)21-15-28-22(25-21)26-24-14-16-5-4-8-20(13-16)27-19-6-2-1-3-7-19/h1-15H,(H,25,26). The molecule has 0 fully saturated rings. The van der Waals surface area contributed by atoms with Gasteiger partial charge in [0.25, 0.3) is 0 Å². The van der Waals surface area contributed by atoms with Crippen molar-refractivity contribution >= 4 is 22.7 Å². The van der Waals surface area contributed by atoms with Gasteiger partial charge >= 0.3 is 0 Å². The predicted octanol–water partition coefficient (Wildman–Crippen LogP) is 6.19. The molecule has 138 valence electrons. The summed E-state index contributed by atoms with van der Waals surface area (Å²) in [4.78, 5) is 4.46. The summed E-state index contributed by atoms with van der Waals surface area (Å²) in [7, 11) is 0. The fourth-order valence-corrected chi connectivity index (χ4v) is 3.19. The largest absolute Gasteiger partial charge is 0.457 e. The molecular weight excluding hydrogens is 373 g/mol. The van der Waals surface area contributed by atoms with Gasteiger partial charge in [0.15, 0.2) is 0 Å². The summed E-state index contributed by atoms with van der Waals surface area (Å²) in [6.45, 7) is 0. The van der Waals surface area contributed by atoms with Crippen LogP contribution in [0.25, 0.3) is 11.3 Å². The first-order valence-electron chi connectivity index (χ1n) is 8.60. The number of hydrogen-bond acceptors (Lipinski definition) is 5. The van der Waals surface area contributed by atoms with Crippen molar-refractivity contribution < 1.29 is 9.13 Å². The number of benzene rings is 3. The molecule has 4 nitrogen and oxygen atoms in total. The van der Waals surface area contributed by atoms with Gasteiger partial charge in [-0.2, -0.15) is 5.10 Å². The first-order valence-corrected chi connectivity index (χ1v) is 9.48. The third-order valence-electron chi connectivity index (χ3n) is 3.85. The highest BCUT2D eigenvalue weighted by Crippen LogP contribution is 2.25. The molecule has 28 heavy (non-hydrogen) atoms. The van der Waals surface area contributed by atoms with Crippen LogP contribution in [0.4, 0.5) is 9.52 Å². The Kier molecular flexibility index (Phi) is 5.40. The highest BCUT2D eigenvalue weighted by Gasteiger charge is 2.04. The number of anilines is 1. The number of ether oxygens (including phenoxy) is 1. The van der Waals surface area contributed by atoms with Crippen molar-refractivity contribution in [3.05, 3.63) is 95.6 Å². The topological polar surface area (TPSA) is 46.5 Å². The molecule has 0 radical (unpaired) electrons. The molecule has 0 unspecified atom stereocenters. The molecule has 0 saturated heterocycles. The second-order valence-corrected chi connectivity index (χ2v) is 6.76. The quantitative estimate of drug-likeness (QED) is 0.316. The minimum absolute atomic E-state index is 0.264. The van der Waals surface area contributed by atoms with Crippen LogP contribution in [0, 0.1) is 5.82 Å². The maximum absolute atomic E-state index is 13.0. The van der Waals surface area contributed by atoms with Gasteiger partial charge in [-0.1, -0.05) is 30.3 Å². The Labute approximate surface area is 166 Å². The van der Waals surface area contributed by atoms with E-state index in [4.69, 9.17) is 4.74 Å². The fraction of sp³-hybridized carbons (Fsp3) is 0. The Balaban J connectivity index is 1.40. The summed E-state index contributed by atoms with van der Waals surface area (Å²) < 4.78 is 18.9. The van der Waals surface area contributed by atoms with Crippen LogP contribution in [0.15, 0.2) is 89.3 Å². The third kappa shape index (κ3) is 4.61. The molecule has 0 aliphatic carbocycles. The van der Waals surface area contributed by atoms with Gasteiger partial charge in [0.2, 0.25) is 5.13 Å². The molecule has 0 amide bonds. The van der Waals surface area contributed by atoms with Crippen molar-refractivity contribution in [2.75, 3.05) is 5.43 Å². The lowest BCUT2D eigenvalue weighted by molar-refractivity contribution is 0.482. The van der Waals surface area contributed by atoms with Gasteiger partial charge in [0.1, 0.15) is 17.3 Å². The highest BCUT2D eigenvalue weighted by molar-refractivity contribution is 7.14. The van der Waals surface area contributed by atoms with E-state index in [-0.39, 0.29) is 5.82 Å². The van der Waals surface area contributed by atoms with Crippen LogP contribution in [-0.2, 0) is 0 Å². The SMILES string of the molecule is Fc1ccc(-c2csc(NN=Cc3cccc(Oc4ccccc4)c3)n2)cc1. The number of halogens is 1. The average molecular weight is 389 g/mol. The van der Waals surface area contributed by atoms with Gasteiger partial charge in [-0.25, -0.2) is 9.37 Å². The van der Waals surface area contributed by atoms with Crippen LogP contribution >= 0.6 is 11.3 Å². The smallest absolute Gasteiger partial charge is 0.203 e. The zero-order valence-electron chi connectivity index (χ0n) is 14.7. The first-order chi connectivity index (χ1) is 13.8. The van der Waals surface area contributed by atoms with Gasteiger partial charge in [-0.15, -0.1) is 11.3 Å². The molecule has 1 heterocycles. The van der Waals surface area contributed by atoms with Crippen LogP contribution < -0.4 is 10.2 Å². The van der Waals surface area contributed by atoms with Crippen LogP contribution in [0.1, 0.15) is 5.56 Å². The molecule has 6 heteroatoms. The number of para-hydroxylation sites is 1. The molecule has 0 saturated carbocycles. The number of hydrogen-bond donors (Lipinski definition) is 1. The lowest BCUT2D eigenvalue weighted by Gasteiger charge is -2.05. The summed E-state index contributed by atoms with van der Waals surface area (Å²) in [5, 5.41) is 6.80. The molecule has 1 aromatic heterocycles.